The van der Waals surface area contributed by atoms with E-state index >= 15 is 0 Å². The lowest BCUT2D eigenvalue weighted by Gasteiger charge is -2.29. The molecule has 0 aromatic heterocycles. The van der Waals surface area contributed by atoms with Crippen molar-refractivity contribution in [3.8, 4) is 11.1 Å². The Hall–Kier alpha value is -4.42. The molecule has 1 heterocycles. The highest BCUT2D eigenvalue weighted by atomic mass is 19.4. The minimum atomic E-state index is -4.41. The Kier molecular flexibility index (Phi) is 6.86. The molecular formula is C34H27F3N2O. The summed E-state index contributed by atoms with van der Waals surface area (Å²) in [6.45, 7) is 2.63. The van der Waals surface area contributed by atoms with E-state index in [0.717, 1.165) is 38.2 Å². The zero-order valence-electron chi connectivity index (χ0n) is 21.7. The quantitative estimate of drug-likeness (QED) is 0.245. The van der Waals surface area contributed by atoms with Crippen LogP contribution in [0.5, 0.6) is 0 Å². The summed E-state index contributed by atoms with van der Waals surface area (Å²) in [5, 5.41) is 5.52. The molecule has 0 atom stereocenters. The Morgan fingerprint density at radius 1 is 0.800 bits per heavy atom. The minimum absolute atomic E-state index is 0.302. The van der Waals surface area contributed by atoms with Gasteiger partial charge >= 0.3 is 6.18 Å². The Bertz CT molecular complexity index is 1690. The van der Waals surface area contributed by atoms with Crippen LogP contribution in [0, 0.1) is 0 Å². The van der Waals surface area contributed by atoms with E-state index in [1.807, 2.05) is 12.1 Å². The van der Waals surface area contributed by atoms with Gasteiger partial charge in [0.2, 0.25) is 0 Å². The SMILES string of the molecule is O=C(Nc1ccc2c(c1)CCN(Cc1cccc3ccccc13)C2)c1ccccc1-c1ccc(C(F)(F)F)cc1. The van der Waals surface area contributed by atoms with Crippen LogP contribution >= 0.6 is 0 Å². The lowest BCUT2D eigenvalue weighted by molar-refractivity contribution is -0.137. The molecule has 6 rings (SSSR count). The maximum atomic E-state index is 13.3. The van der Waals surface area contributed by atoms with Crippen LogP contribution in [0.1, 0.15) is 32.6 Å². The van der Waals surface area contributed by atoms with E-state index < -0.39 is 11.7 Å². The number of rotatable bonds is 5. The zero-order valence-corrected chi connectivity index (χ0v) is 21.7. The topological polar surface area (TPSA) is 32.3 Å². The third-order valence-corrected chi connectivity index (χ3v) is 7.52. The molecule has 0 aliphatic carbocycles. The lowest BCUT2D eigenvalue weighted by Crippen LogP contribution is -2.30. The molecule has 0 radical (unpaired) electrons. The lowest BCUT2D eigenvalue weighted by atomic mass is 9.97. The summed E-state index contributed by atoms with van der Waals surface area (Å²) in [7, 11) is 0. The normalized spacial score (nSPS) is 13.7. The molecule has 5 aromatic rings. The second-order valence-electron chi connectivity index (χ2n) is 10.2. The fraction of sp³-hybridized carbons (Fsp3) is 0.147. The average molecular weight is 537 g/mol. The van der Waals surface area contributed by atoms with E-state index in [1.54, 1.807) is 24.3 Å². The van der Waals surface area contributed by atoms with Crippen molar-refractivity contribution in [2.75, 3.05) is 11.9 Å². The number of benzene rings is 5. The first-order valence-corrected chi connectivity index (χ1v) is 13.2. The summed E-state index contributed by atoms with van der Waals surface area (Å²) >= 11 is 0. The first kappa shape index (κ1) is 25.8. The third kappa shape index (κ3) is 5.36. The molecule has 0 fully saturated rings. The highest BCUT2D eigenvalue weighted by Crippen LogP contribution is 2.32. The van der Waals surface area contributed by atoms with Gasteiger partial charge in [-0.05, 0) is 75.3 Å². The molecule has 3 nitrogen and oxygen atoms in total. The Morgan fingerprint density at radius 2 is 1.55 bits per heavy atom. The van der Waals surface area contributed by atoms with E-state index in [0.29, 0.717) is 22.4 Å². The van der Waals surface area contributed by atoms with Crippen LogP contribution in [0.2, 0.25) is 0 Å². The van der Waals surface area contributed by atoms with E-state index in [1.165, 1.54) is 39.6 Å². The van der Waals surface area contributed by atoms with Crippen molar-refractivity contribution in [1.29, 1.82) is 0 Å². The first-order chi connectivity index (χ1) is 19.3. The molecule has 0 saturated carbocycles. The largest absolute Gasteiger partial charge is 0.416 e. The van der Waals surface area contributed by atoms with Crippen molar-refractivity contribution in [3.05, 3.63) is 137 Å². The molecule has 0 saturated heterocycles. The Balaban J connectivity index is 1.17. The van der Waals surface area contributed by atoms with E-state index in [4.69, 9.17) is 0 Å². The van der Waals surface area contributed by atoms with Crippen LogP contribution in [0.3, 0.4) is 0 Å². The number of carbonyl (C=O) groups excluding carboxylic acids is 1. The smallest absolute Gasteiger partial charge is 0.322 e. The van der Waals surface area contributed by atoms with Gasteiger partial charge in [-0.1, -0.05) is 78.9 Å². The number of hydrogen-bond donors (Lipinski definition) is 1. The molecule has 0 unspecified atom stereocenters. The molecule has 1 aliphatic heterocycles. The number of nitrogens with one attached hydrogen (secondary N) is 1. The van der Waals surface area contributed by atoms with Crippen molar-refractivity contribution in [1.82, 2.24) is 4.90 Å². The first-order valence-electron chi connectivity index (χ1n) is 13.2. The van der Waals surface area contributed by atoms with Crippen molar-refractivity contribution < 1.29 is 18.0 Å². The molecule has 40 heavy (non-hydrogen) atoms. The standard InChI is InChI=1S/C34H27F3N2O/c35-34(36,37)28-15-12-24(13-16-28)31-10-3-4-11-32(31)33(40)38-29-17-14-26-21-39(19-18-25(26)20-29)22-27-8-5-7-23-6-1-2-9-30(23)27/h1-17,20H,18-19,21-22H2,(H,38,40). The summed E-state index contributed by atoms with van der Waals surface area (Å²) in [5.41, 5.74) is 5.29. The molecule has 1 aliphatic rings. The highest BCUT2D eigenvalue weighted by Gasteiger charge is 2.30. The van der Waals surface area contributed by atoms with Gasteiger partial charge < -0.3 is 5.32 Å². The number of alkyl halides is 3. The number of amides is 1. The number of halogens is 3. The summed E-state index contributed by atoms with van der Waals surface area (Å²) < 4.78 is 39.0. The monoisotopic (exact) mass is 536 g/mol. The molecule has 6 heteroatoms. The van der Waals surface area contributed by atoms with Crippen LogP contribution in [0.25, 0.3) is 21.9 Å². The number of fused-ring (bicyclic) bond motifs is 2. The van der Waals surface area contributed by atoms with Gasteiger partial charge in [-0.15, -0.1) is 0 Å². The second kappa shape index (κ2) is 10.6. The zero-order chi connectivity index (χ0) is 27.7. The van der Waals surface area contributed by atoms with E-state index in [9.17, 15) is 18.0 Å². The van der Waals surface area contributed by atoms with Crippen LogP contribution in [0.4, 0.5) is 18.9 Å². The second-order valence-corrected chi connectivity index (χ2v) is 10.2. The minimum Gasteiger partial charge on any atom is -0.322 e. The highest BCUT2D eigenvalue weighted by molar-refractivity contribution is 6.08. The van der Waals surface area contributed by atoms with Crippen molar-refractivity contribution in [2.45, 2.75) is 25.7 Å². The maximum absolute atomic E-state index is 13.3. The fourth-order valence-corrected chi connectivity index (χ4v) is 5.47. The maximum Gasteiger partial charge on any atom is 0.416 e. The molecule has 1 N–H and O–H groups in total. The fourth-order valence-electron chi connectivity index (χ4n) is 5.47. The molecule has 0 bridgehead atoms. The van der Waals surface area contributed by atoms with Crippen LogP contribution in [-0.2, 0) is 25.7 Å². The molecule has 1 amide bonds. The average Bonchev–Trinajstić information content (AvgIpc) is 2.97. The summed E-state index contributed by atoms with van der Waals surface area (Å²) in [4.78, 5) is 15.7. The summed E-state index contributed by atoms with van der Waals surface area (Å²) in [5.74, 6) is -0.302. The van der Waals surface area contributed by atoms with Gasteiger partial charge in [0.1, 0.15) is 0 Å². The predicted octanol–water partition coefficient (Wildman–Crippen LogP) is 8.34. The number of anilines is 1. The molecule has 0 spiro atoms. The van der Waals surface area contributed by atoms with E-state index in [2.05, 4.69) is 58.7 Å². The summed E-state index contributed by atoms with van der Waals surface area (Å²) in [6.07, 6.45) is -3.53. The Labute approximate surface area is 230 Å². The van der Waals surface area contributed by atoms with Crippen molar-refractivity contribution in [3.63, 3.8) is 0 Å². The third-order valence-electron chi connectivity index (χ3n) is 7.52. The molecule has 200 valence electrons. The van der Waals surface area contributed by atoms with Crippen molar-refractivity contribution in [2.24, 2.45) is 0 Å². The van der Waals surface area contributed by atoms with Crippen LogP contribution < -0.4 is 5.32 Å². The number of nitrogens with zero attached hydrogens (tertiary/aromatic N) is 1. The van der Waals surface area contributed by atoms with Gasteiger partial charge in [-0.25, -0.2) is 0 Å². The van der Waals surface area contributed by atoms with Crippen LogP contribution in [-0.4, -0.2) is 17.4 Å². The van der Waals surface area contributed by atoms with Gasteiger partial charge in [0.25, 0.3) is 5.91 Å². The molecular weight excluding hydrogens is 509 g/mol. The Morgan fingerprint density at radius 3 is 2.38 bits per heavy atom. The van der Waals surface area contributed by atoms with Gasteiger partial charge in [0.15, 0.2) is 0 Å². The van der Waals surface area contributed by atoms with Gasteiger partial charge in [0, 0.05) is 30.9 Å². The van der Waals surface area contributed by atoms with Gasteiger partial charge in [-0.2, -0.15) is 13.2 Å². The van der Waals surface area contributed by atoms with Crippen LogP contribution in [0.15, 0.2) is 109 Å². The van der Waals surface area contributed by atoms with Gasteiger partial charge in [0.05, 0.1) is 5.56 Å². The summed E-state index contributed by atoms with van der Waals surface area (Å²) in [6, 6.07) is 32.7. The molecule has 5 aromatic carbocycles. The van der Waals surface area contributed by atoms with E-state index in [-0.39, 0.29) is 5.91 Å². The van der Waals surface area contributed by atoms with Crippen molar-refractivity contribution >= 4 is 22.4 Å². The van der Waals surface area contributed by atoms with Gasteiger partial charge in [-0.3, -0.25) is 9.69 Å². The predicted molar refractivity (Wildman–Crippen MR) is 153 cm³/mol. The number of carbonyl (C=O) groups is 1. The number of hydrogen-bond acceptors (Lipinski definition) is 2.